The maximum Gasteiger partial charge on any atom is 0.287 e. The SMILES string of the molecule is CCc1oc(C(=O)NCc2ccccc2-n2ccnc2)cc1CN1CCCC1. The van der Waals surface area contributed by atoms with Crippen LogP contribution in [0, 0.1) is 0 Å². The monoisotopic (exact) mass is 378 g/mol. The molecule has 1 fully saturated rings. The first-order chi connectivity index (χ1) is 13.7. The molecule has 0 bridgehead atoms. The number of aryl methyl sites for hydroxylation is 1. The van der Waals surface area contributed by atoms with Crippen LogP contribution in [-0.4, -0.2) is 33.4 Å². The van der Waals surface area contributed by atoms with Gasteiger partial charge >= 0.3 is 0 Å². The third kappa shape index (κ3) is 4.02. The molecule has 4 rings (SSSR count). The summed E-state index contributed by atoms with van der Waals surface area (Å²) in [4.78, 5) is 19.2. The van der Waals surface area contributed by atoms with Gasteiger partial charge in [-0.05, 0) is 43.6 Å². The van der Waals surface area contributed by atoms with Crippen LogP contribution >= 0.6 is 0 Å². The molecule has 1 amide bonds. The van der Waals surface area contributed by atoms with E-state index >= 15 is 0 Å². The third-order valence-corrected chi connectivity index (χ3v) is 5.25. The van der Waals surface area contributed by atoms with Crippen LogP contribution in [0.1, 0.15) is 47.2 Å². The lowest BCUT2D eigenvalue weighted by atomic mass is 10.1. The predicted octanol–water partition coefficient (Wildman–Crippen LogP) is 3.55. The first-order valence-electron chi connectivity index (χ1n) is 9.93. The van der Waals surface area contributed by atoms with Gasteiger partial charge in [-0.2, -0.15) is 0 Å². The summed E-state index contributed by atoms with van der Waals surface area (Å²) in [7, 11) is 0. The number of carbonyl (C=O) groups excluding carboxylic acids is 1. The fraction of sp³-hybridized carbons (Fsp3) is 0.364. The van der Waals surface area contributed by atoms with Gasteiger partial charge in [-0.25, -0.2) is 4.98 Å². The van der Waals surface area contributed by atoms with Crippen LogP contribution in [0.4, 0.5) is 0 Å². The minimum absolute atomic E-state index is 0.178. The Kier molecular flexibility index (Phi) is 5.58. The standard InChI is InChI=1S/C22H26N4O2/c1-2-20-18(15-25-10-5-6-11-25)13-21(28-20)22(27)24-14-17-7-3-4-8-19(17)26-12-9-23-16-26/h3-4,7-9,12-13,16H,2,5-6,10-11,14-15H2,1H3,(H,24,27). The van der Waals surface area contributed by atoms with Gasteiger partial charge in [0.2, 0.25) is 0 Å². The van der Waals surface area contributed by atoms with Crippen LogP contribution < -0.4 is 5.32 Å². The molecule has 0 spiro atoms. The highest BCUT2D eigenvalue weighted by atomic mass is 16.4. The summed E-state index contributed by atoms with van der Waals surface area (Å²) < 4.78 is 7.82. The highest BCUT2D eigenvalue weighted by molar-refractivity contribution is 5.91. The Balaban J connectivity index is 1.45. The zero-order valence-electron chi connectivity index (χ0n) is 16.2. The molecule has 1 N–H and O–H groups in total. The number of likely N-dealkylation sites (tertiary alicyclic amines) is 1. The van der Waals surface area contributed by atoms with Gasteiger partial charge in [0.1, 0.15) is 5.76 Å². The number of hydrogen-bond acceptors (Lipinski definition) is 4. The Morgan fingerprint density at radius 1 is 1.21 bits per heavy atom. The molecule has 0 radical (unpaired) electrons. The Morgan fingerprint density at radius 3 is 2.79 bits per heavy atom. The van der Waals surface area contributed by atoms with Crippen LogP contribution in [0.2, 0.25) is 0 Å². The van der Waals surface area contributed by atoms with E-state index in [1.807, 2.05) is 41.1 Å². The summed E-state index contributed by atoms with van der Waals surface area (Å²) >= 11 is 0. The third-order valence-electron chi connectivity index (χ3n) is 5.25. The summed E-state index contributed by atoms with van der Waals surface area (Å²) in [6.45, 7) is 5.61. The molecule has 1 saturated heterocycles. The lowest BCUT2D eigenvalue weighted by Crippen LogP contribution is -2.23. The highest BCUT2D eigenvalue weighted by Crippen LogP contribution is 2.21. The molecule has 0 aliphatic carbocycles. The van der Waals surface area contributed by atoms with Gasteiger partial charge in [0, 0.05) is 37.5 Å². The molecule has 1 aromatic carbocycles. The van der Waals surface area contributed by atoms with Crippen LogP contribution in [-0.2, 0) is 19.5 Å². The van der Waals surface area contributed by atoms with Crippen LogP contribution in [0.3, 0.4) is 0 Å². The zero-order chi connectivity index (χ0) is 19.3. The molecule has 3 heterocycles. The molecular formula is C22H26N4O2. The molecule has 3 aromatic rings. The molecule has 1 aliphatic heterocycles. The van der Waals surface area contributed by atoms with Crippen molar-refractivity contribution in [3.8, 4) is 5.69 Å². The first-order valence-corrected chi connectivity index (χ1v) is 9.93. The van der Waals surface area contributed by atoms with Gasteiger partial charge in [-0.15, -0.1) is 0 Å². The van der Waals surface area contributed by atoms with E-state index in [9.17, 15) is 4.79 Å². The maximum atomic E-state index is 12.7. The van der Waals surface area contributed by atoms with Crippen molar-refractivity contribution >= 4 is 5.91 Å². The average molecular weight is 378 g/mol. The average Bonchev–Trinajstić information content (AvgIpc) is 3.48. The Bertz CT molecular complexity index is 924. The molecule has 6 heteroatoms. The first kappa shape index (κ1) is 18.5. The van der Waals surface area contributed by atoms with E-state index in [0.29, 0.717) is 12.3 Å². The number of nitrogens with zero attached hydrogens (tertiary/aromatic N) is 3. The fourth-order valence-electron chi connectivity index (χ4n) is 3.77. The van der Waals surface area contributed by atoms with Crippen molar-refractivity contribution in [2.45, 2.75) is 39.3 Å². The summed E-state index contributed by atoms with van der Waals surface area (Å²) in [6, 6.07) is 9.88. The lowest BCUT2D eigenvalue weighted by Gasteiger charge is -2.13. The molecular weight excluding hydrogens is 352 g/mol. The van der Waals surface area contributed by atoms with Crippen molar-refractivity contribution in [1.82, 2.24) is 19.8 Å². The quantitative estimate of drug-likeness (QED) is 0.683. The van der Waals surface area contributed by atoms with Crippen LogP contribution in [0.5, 0.6) is 0 Å². The number of imidazole rings is 1. The lowest BCUT2D eigenvalue weighted by molar-refractivity contribution is 0.0921. The Morgan fingerprint density at radius 2 is 2.04 bits per heavy atom. The number of benzene rings is 1. The van der Waals surface area contributed by atoms with E-state index in [2.05, 4.69) is 22.1 Å². The largest absolute Gasteiger partial charge is 0.456 e. The van der Waals surface area contributed by atoms with Gasteiger partial charge in [0.05, 0.1) is 12.0 Å². The second-order valence-corrected chi connectivity index (χ2v) is 7.18. The highest BCUT2D eigenvalue weighted by Gasteiger charge is 2.19. The van der Waals surface area contributed by atoms with E-state index < -0.39 is 0 Å². The van der Waals surface area contributed by atoms with Gasteiger partial charge in [0.25, 0.3) is 5.91 Å². The predicted molar refractivity (Wildman–Crippen MR) is 107 cm³/mol. The van der Waals surface area contributed by atoms with Gasteiger partial charge in [-0.1, -0.05) is 25.1 Å². The van der Waals surface area contributed by atoms with Crippen LogP contribution in [0.25, 0.3) is 5.69 Å². The van der Waals surface area contributed by atoms with E-state index in [-0.39, 0.29) is 5.91 Å². The molecule has 0 unspecified atom stereocenters. The van der Waals surface area contributed by atoms with Crippen molar-refractivity contribution < 1.29 is 9.21 Å². The second kappa shape index (κ2) is 8.44. The second-order valence-electron chi connectivity index (χ2n) is 7.18. The van der Waals surface area contributed by atoms with E-state index in [0.717, 1.165) is 48.6 Å². The summed E-state index contributed by atoms with van der Waals surface area (Å²) in [5.74, 6) is 1.13. The van der Waals surface area contributed by atoms with E-state index in [1.54, 1.807) is 12.5 Å². The van der Waals surface area contributed by atoms with Gasteiger partial charge in [-0.3, -0.25) is 9.69 Å². The molecule has 0 atom stereocenters. The molecule has 28 heavy (non-hydrogen) atoms. The van der Waals surface area contributed by atoms with Crippen LogP contribution in [0.15, 0.2) is 53.5 Å². The number of nitrogens with one attached hydrogen (secondary N) is 1. The number of amides is 1. The molecule has 2 aromatic heterocycles. The Hall–Kier alpha value is -2.86. The minimum atomic E-state index is -0.178. The number of rotatable bonds is 7. The zero-order valence-corrected chi connectivity index (χ0v) is 16.2. The van der Waals surface area contributed by atoms with E-state index in [1.165, 1.54) is 12.8 Å². The van der Waals surface area contributed by atoms with Crippen molar-refractivity contribution in [1.29, 1.82) is 0 Å². The van der Waals surface area contributed by atoms with Gasteiger partial charge in [0.15, 0.2) is 5.76 Å². The van der Waals surface area contributed by atoms with Crippen molar-refractivity contribution in [3.63, 3.8) is 0 Å². The number of para-hydroxylation sites is 1. The summed E-state index contributed by atoms with van der Waals surface area (Å²) in [5.41, 5.74) is 3.16. The van der Waals surface area contributed by atoms with E-state index in [4.69, 9.17) is 4.42 Å². The van der Waals surface area contributed by atoms with Crippen molar-refractivity contribution in [2.24, 2.45) is 0 Å². The maximum absolute atomic E-state index is 12.7. The number of hydrogen-bond donors (Lipinski definition) is 1. The Labute approximate surface area is 165 Å². The van der Waals surface area contributed by atoms with Crippen molar-refractivity contribution in [2.75, 3.05) is 13.1 Å². The molecule has 1 aliphatic rings. The normalized spacial score (nSPS) is 14.5. The number of furan rings is 1. The molecule has 146 valence electrons. The summed E-state index contributed by atoms with van der Waals surface area (Å²) in [5, 5.41) is 3.00. The number of carbonyl (C=O) groups is 1. The molecule has 0 saturated carbocycles. The fourth-order valence-corrected chi connectivity index (χ4v) is 3.77. The topological polar surface area (TPSA) is 63.3 Å². The molecule has 6 nitrogen and oxygen atoms in total. The van der Waals surface area contributed by atoms with Gasteiger partial charge < -0.3 is 14.3 Å². The van der Waals surface area contributed by atoms with Crippen molar-refractivity contribution in [3.05, 3.63) is 71.7 Å². The minimum Gasteiger partial charge on any atom is -0.456 e. The smallest absolute Gasteiger partial charge is 0.287 e. The summed E-state index contributed by atoms with van der Waals surface area (Å²) in [6.07, 6.45) is 8.69. The number of aromatic nitrogens is 2.